The molecule has 1 amide bonds. The van der Waals surface area contributed by atoms with Crippen LogP contribution >= 0.6 is 0 Å². The first-order chi connectivity index (χ1) is 22.4. The van der Waals surface area contributed by atoms with Crippen molar-refractivity contribution in [2.24, 2.45) is 0 Å². The van der Waals surface area contributed by atoms with Crippen molar-refractivity contribution in [2.75, 3.05) is 26.1 Å². The number of para-hydroxylation sites is 2. The molecule has 13 heteroatoms. The number of rotatable bonds is 9. The second-order valence-electron chi connectivity index (χ2n) is 10.5. The Kier molecular flexibility index (Phi) is 8.88. The number of aromatic nitrogens is 2. The van der Waals surface area contributed by atoms with Gasteiger partial charge in [-0.1, -0.05) is 36.4 Å². The van der Waals surface area contributed by atoms with Gasteiger partial charge in [0, 0.05) is 34.6 Å². The molecule has 0 spiro atoms. The van der Waals surface area contributed by atoms with Crippen molar-refractivity contribution in [3.63, 3.8) is 0 Å². The van der Waals surface area contributed by atoms with Crippen LogP contribution in [0.25, 0.3) is 21.8 Å². The lowest BCUT2D eigenvalue weighted by Crippen LogP contribution is -2.63. The minimum atomic E-state index is -1.48. The fraction of sp³-hybridized carbons (Fsp3) is 0.242. The number of hydrogen-bond donors (Lipinski definition) is 4. The maximum absolute atomic E-state index is 13.6. The molecule has 0 bridgehead atoms. The highest BCUT2D eigenvalue weighted by molar-refractivity contribution is 5.96. The number of carbonyl (C=O) groups excluding carboxylic acids is 3. The molecule has 5 aromatic rings. The third-order valence-electron chi connectivity index (χ3n) is 7.57. The van der Waals surface area contributed by atoms with Crippen molar-refractivity contribution in [1.82, 2.24) is 9.97 Å². The van der Waals surface area contributed by atoms with Crippen LogP contribution in [0.3, 0.4) is 0 Å². The van der Waals surface area contributed by atoms with E-state index in [1.807, 2.05) is 36.4 Å². The minimum Gasteiger partial charge on any atom is -0.497 e. The molecule has 0 unspecified atom stereocenters. The molecule has 3 heterocycles. The summed E-state index contributed by atoms with van der Waals surface area (Å²) in [6.45, 7) is -0.649. The number of fused-ring (bicyclic) bond motifs is 2. The lowest BCUT2D eigenvalue weighted by molar-refractivity contribution is -0.291. The van der Waals surface area contributed by atoms with E-state index in [9.17, 15) is 19.5 Å². The number of carbonyl (C=O) groups is 3. The summed E-state index contributed by atoms with van der Waals surface area (Å²) in [5.41, 5.74) is 2.00. The Balaban J connectivity index is 1.31. The van der Waals surface area contributed by atoms with Crippen LogP contribution in [0.15, 0.2) is 84.9 Å². The number of anilines is 1. The molecule has 3 aromatic carbocycles. The number of esters is 2. The van der Waals surface area contributed by atoms with Gasteiger partial charge in [0.25, 0.3) is 0 Å². The first-order valence-corrected chi connectivity index (χ1v) is 14.3. The smallest absolute Gasteiger partial charge is 0.412 e. The molecule has 4 N–H and O–H groups in total. The summed E-state index contributed by atoms with van der Waals surface area (Å²) in [6.07, 6.45) is -7.84. The largest absolute Gasteiger partial charge is 0.497 e. The van der Waals surface area contributed by atoms with E-state index >= 15 is 0 Å². The van der Waals surface area contributed by atoms with Crippen molar-refractivity contribution in [3.8, 4) is 5.75 Å². The predicted molar refractivity (Wildman–Crippen MR) is 165 cm³/mol. The van der Waals surface area contributed by atoms with E-state index in [2.05, 4.69) is 15.3 Å². The van der Waals surface area contributed by atoms with E-state index in [4.69, 9.17) is 28.4 Å². The van der Waals surface area contributed by atoms with Gasteiger partial charge in [-0.25, -0.2) is 14.4 Å². The quantitative estimate of drug-likeness (QED) is 0.135. The van der Waals surface area contributed by atoms with E-state index in [0.717, 1.165) is 10.8 Å². The number of hydrogen-bond acceptors (Lipinski definition) is 10. The van der Waals surface area contributed by atoms with Gasteiger partial charge < -0.3 is 43.5 Å². The van der Waals surface area contributed by atoms with Crippen LogP contribution in [-0.4, -0.2) is 84.6 Å². The molecule has 1 fully saturated rings. The molecule has 238 valence electrons. The van der Waals surface area contributed by atoms with Gasteiger partial charge >= 0.3 is 18.0 Å². The number of H-pyrrole nitrogens is 2. The van der Waals surface area contributed by atoms with E-state index in [0.29, 0.717) is 22.5 Å². The van der Waals surface area contributed by atoms with Crippen molar-refractivity contribution >= 4 is 45.5 Å². The van der Waals surface area contributed by atoms with Gasteiger partial charge in [-0.3, -0.25) is 5.32 Å². The van der Waals surface area contributed by atoms with E-state index in [1.165, 1.54) is 14.2 Å². The molecular formula is C33H31N3O10. The first-order valence-electron chi connectivity index (χ1n) is 14.3. The summed E-state index contributed by atoms with van der Waals surface area (Å²) in [5.74, 6) is -1.05. The van der Waals surface area contributed by atoms with E-state index in [1.54, 1.807) is 48.5 Å². The number of nitrogens with one attached hydrogen (secondary N) is 3. The molecular weight excluding hydrogens is 598 g/mol. The number of benzene rings is 3. The van der Waals surface area contributed by atoms with Gasteiger partial charge in [0.2, 0.25) is 0 Å². The molecule has 0 aliphatic carbocycles. The highest BCUT2D eigenvalue weighted by Crippen LogP contribution is 2.31. The minimum absolute atomic E-state index is 0.101. The number of aliphatic hydroxyl groups excluding tert-OH is 1. The molecule has 13 nitrogen and oxygen atoms in total. The Labute approximate surface area is 262 Å². The Bertz CT molecular complexity index is 1780. The SMILES string of the molecule is COc1ccc(NC(=O)O[C@H]2[C@H](OC(=O)c3cc4ccccc4[nH]3)[C@H](OC(=O)c3cc4ccccc4[nH]3)[C@@H](OC)O[C@@H]2CO)cc1. The molecule has 0 radical (unpaired) electrons. The summed E-state index contributed by atoms with van der Waals surface area (Å²) in [4.78, 5) is 46.1. The van der Waals surface area contributed by atoms with E-state index < -0.39 is 55.3 Å². The Morgan fingerprint density at radius 2 is 1.33 bits per heavy atom. The summed E-state index contributed by atoms with van der Waals surface area (Å²) in [7, 11) is 2.82. The zero-order chi connectivity index (χ0) is 32.2. The summed E-state index contributed by atoms with van der Waals surface area (Å²) < 4.78 is 34.0. The summed E-state index contributed by atoms with van der Waals surface area (Å²) >= 11 is 0. The average molecular weight is 630 g/mol. The molecule has 5 atom stereocenters. The van der Waals surface area contributed by atoms with Crippen LogP contribution in [0.5, 0.6) is 5.75 Å². The van der Waals surface area contributed by atoms with Gasteiger partial charge in [-0.05, 0) is 48.5 Å². The van der Waals surface area contributed by atoms with Crippen molar-refractivity contribution < 1.29 is 47.9 Å². The zero-order valence-corrected chi connectivity index (χ0v) is 24.8. The molecule has 2 aromatic heterocycles. The van der Waals surface area contributed by atoms with Gasteiger partial charge in [-0.15, -0.1) is 0 Å². The lowest BCUT2D eigenvalue weighted by Gasteiger charge is -2.43. The number of aliphatic hydroxyl groups is 1. The third kappa shape index (κ3) is 6.38. The summed E-state index contributed by atoms with van der Waals surface area (Å²) in [6, 6.07) is 24.2. The van der Waals surface area contributed by atoms with Crippen molar-refractivity contribution in [3.05, 3.63) is 96.3 Å². The third-order valence-corrected chi connectivity index (χ3v) is 7.57. The highest BCUT2D eigenvalue weighted by atomic mass is 16.7. The molecule has 46 heavy (non-hydrogen) atoms. The fourth-order valence-electron chi connectivity index (χ4n) is 5.30. The van der Waals surface area contributed by atoms with Crippen LogP contribution in [0.2, 0.25) is 0 Å². The standard InChI is InChI=1S/C33H31N3O10/c1-41-21-13-11-20(12-14-21)34-33(40)46-27-26(17-37)43-32(42-2)29(45-31(39)25-16-19-8-4-6-10-23(19)36-25)28(27)44-30(38)24-15-18-7-3-5-9-22(18)35-24/h3-16,26-29,32,35-37H,17H2,1-2H3,(H,34,40)/t26-,27-,28+,29+,32+/m1/s1. The topological polar surface area (TPSA) is 170 Å². The molecule has 1 aliphatic heterocycles. The summed E-state index contributed by atoms with van der Waals surface area (Å²) in [5, 5.41) is 14.4. The highest BCUT2D eigenvalue weighted by Gasteiger charge is 2.53. The Morgan fingerprint density at radius 3 is 1.85 bits per heavy atom. The van der Waals surface area contributed by atoms with Crippen LogP contribution in [0.1, 0.15) is 21.0 Å². The molecule has 1 aliphatic rings. The van der Waals surface area contributed by atoms with Gasteiger partial charge in [0.15, 0.2) is 24.6 Å². The molecule has 0 saturated carbocycles. The lowest BCUT2D eigenvalue weighted by atomic mass is 9.98. The zero-order valence-electron chi connectivity index (χ0n) is 24.8. The number of amides is 1. The maximum atomic E-state index is 13.6. The predicted octanol–water partition coefficient (Wildman–Crippen LogP) is 4.39. The molecule has 6 rings (SSSR count). The van der Waals surface area contributed by atoms with Crippen molar-refractivity contribution in [1.29, 1.82) is 0 Å². The van der Waals surface area contributed by atoms with Gasteiger partial charge in [0.1, 0.15) is 23.2 Å². The second kappa shape index (κ2) is 13.3. The number of methoxy groups -OCH3 is 2. The monoisotopic (exact) mass is 629 g/mol. The van der Waals surface area contributed by atoms with Crippen LogP contribution < -0.4 is 10.1 Å². The number of aromatic amines is 2. The van der Waals surface area contributed by atoms with Gasteiger partial charge in [-0.2, -0.15) is 0 Å². The van der Waals surface area contributed by atoms with Crippen LogP contribution in [0, 0.1) is 0 Å². The maximum Gasteiger partial charge on any atom is 0.412 e. The van der Waals surface area contributed by atoms with Crippen LogP contribution in [-0.2, 0) is 23.7 Å². The average Bonchev–Trinajstić information content (AvgIpc) is 3.71. The molecule has 1 saturated heterocycles. The Hall–Kier alpha value is -5.37. The van der Waals surface area contributed by atoms with E-state index in [-0.39, 0.29) is 11.4 Å². The normalized spacial score (nSPS) is 21.1. The van der Waals surface area contributed by atoms with Crippen LogP contribution in [0.4, 0.5) is 10.5 Å². The van der Waals surface area contributed by atoms with Gasteiger partial charge in [0.05, 0.1) is 13.7 Å². The Morgan fingerprint density at radius 1 is 0.761 bits per heavy atom. The second-order valence-corrected chi connectivity index (χ2v) is 10.5. The fourth-order valence-corrected chi connectivity index (χ4v) is 5.30. The first kappa shape index (κ1) is 30.6. The van der Waals surface area contributed by atoms with Crippen molar-refractivity contribution in [2.45, 2.75) is 30.7 Å². The number of ether oxygens (including phenoxy) is 6.